The van der Waals surface area contributed by atoms with Crippen molar-refractivity contribution in [2.45, 2.75) is 4.90 Å². The van der Waals surface area contributed by atoms with E-state index in [9.17, 15) is 13.4 Å². The van der Waals surface area contributed by atoms with E-state index < -0.39 is 16.6 Å². The SMILES string of the molecule is O=C(c1cc(S)ccc1F)N1CCS(=O)CC1. The second-order valence-electron chi connectivity index (χ2n) is 3.80. The van der Waals surface area contributed by atoms with Crippen molar-refractivity contribution in [2.24, 2.45) is 0 Å². The highest BCUT2D eigenvalue weighted by Gasteiger charge is 2.23. The summed E-state index contributed by atoms with van der Waals surface area (Å²) in [6.45, 7) is 0.837. The molecule has 0 aliphatic carbocycles. The Balaban J connectivity index is 2.19. The number of rotatable bonds is 1. The molecule has 1 fully saturated rings. The topological polar surface area (TPSA) is 37.4 Å². The van der Waals surface area contributed by atoms with Gasteiger partial charge in [0.05, 0.1) is 5.56 Å². The number of thiol groups is 1. The van der Waals surface area contributed by atoms with Crippen molar-refractivity contribution >= 4 is 29.3 Å². The summed E-state index contributed by atoms with van der Waals surface area (Å²) in [6.07, 6.45) is 0. The van der Waals surface area contributed by atoms with Gasteiger partial charge in [0.15, 0.2) is 0 Å². The number of carbonyl (C=O) groups excluding carboxylic acids is 1. The number of nitrogens with zero attached hydrogens (tertiary/aromatic N) is 1. The Morgan fingerprint density at radius 1 is 1.35 bits per heavy atom. The van der Waals surface area contributed by atoms with Crippen LogP contribution in [0.4, 0.5) is 4.39 Å². The summed E-state index contributed by atoms with van der Waals surface area (Å²) < 4.78 is 24.7. The molecule has 0 bridgehead atoms. The molecule has 0 saturated carbocycles. The lowest BCUT2D eigenvalue weighted by atomic mass is 10.2. The molecule has 1 heterocycles. The zero-order valence-corrected chi connectivity index (χ0v) is 10.8. The second-order valence-corrected chi connectivity index (χ2v) is 6.02. The van der Waals surface area contributed by atoms with Crippen LogP contribution in [0.25, 0.3) is 0 Å². The molecule has 6 heteroatoms. The van der Waals surface area contributed by atoms with Crippen LogP contribution in [0.1, 0.15) is 10.4 Å². The lowest BCUT2D eigenvalue weighted by molar-refractivity contribution is 0.0766. The molecule has 1 aliphatic rings. The molecule has 0 spiro atoms. The number of hydrogen-bond acceptors (Lipinski definition) is 3. The smallest absolute Gasteiger partial charge is 0.256 e. The number of hydrogen-bond donors (Lipinski definition) is 1. The molecule has 1 amide bonds. The van der Waals surface area contributed by atoms with Crippen LogP contribution in [0.3, 0.4) is 0 Å². The van der Waals surface area contributed by atoms with Crippen LogP contribution >= 0.6 is 12.6 Å². The molecule has 0 unspecified atom stereocenters. The number of halogens is 1. The maximum Gasteiger partial charge on any atom is 0.256 e. The Labute approximate surface area is 107 Å². The lowest BCUT2D eigenvalue weighted by Gasteiger charge is -2.26. The highest BCUT2D eigenvalue weighted by Crippen LogP contribution is 2.16. The van der Waals surface area contributed by atoms with Gasteiger partial charge in [-0.15, -0.1) is 12.6 Å². The first-order valence-corrected chi connectivity index (χ1v) is 7.14. The molecule has 2 rings (SSSR count). The minimum atomic E-state index is -0.846. The van der Waals surface area contributed by atoms with Crippen LogP contribution in [-0.4, -0.2) is 39.6 Å². The summed E-state index contributed by atoms with van der Waals surface area (Å²) in [4.78, 5) is 14.1. The van der Waals surface area contributed by atoms with Gasteiger partial charge in [-0.05, 0) is 18.2 Å². The molecular formula is C11H12FNO2S2. The van der Waals surface area contributed by atoms with E-state index in [0.717, 1.165) is 0 Å². The van der Waals surface area contributed by atoms with Crippen LogP contribution in [0.2, 0.25) is 0 Å². The fourth-order valence-electron chi connectivity index (χ4n) is 1.69. The Morgan fingerprint density at radius 2 is 2.00 bits per heavy atom. The van der Waals surface area contributed by atoms with Crippen molar-refractivity contribution in [3.63, 3.8) is 0 Å². The van der Waals surface area contributed by atoms with Crippen molar-refractivity contribution in [2.75, 3.05) is 24.6 Å². The number of benzene rings is 1. The van der Waals surface area contributed by atoms with E-state index in [1.54, 1.807) is 0 Å². The molecule has 0 radical (unpaired) electrons. The van der Waals surface area contributed by atoms with Crippen molar-refractivity contribution in [3.8, 4) is 0 Å². The van der Waals surface area contributed by atoms with E-state index in [4.69, 9.17) is 0 Å². The predicted molar refractivity (Wildman–Crippen MR) is 67.4 cm³/mol. The average Bonchev–Trinajstić information content (AvgIpc) is 2.32. The van der Waals surface area contributed by atoms with E-state index in [0.29, 0.717) is 29.5 Å². The zero-order chi connectivity index (χ0) is 12.4. The third-order valence-electron chi connectivity index (χ3n) is 2.65. The van der Waals surface area contributed by atoms with Crippen LogP contribution in [-0.2, 0) is 10.8 Å². The third kappa shape index (κ3) is 2.87. The van der Waals surface area contributed by atoms with Gasteiger partial charge in [0.25, 0.3) is 5.91 Å². The van der Waals surface area contributed by atoms with Crippen molar-refractivity contribution in [1.82, 2.24) is 4.90 Å². The highest BCUT2D eigenvalue weighted by atomic mass is 32.2. The van der Waals surface area contributed by atoms with Gasteiger partial charge in [0, 0.05) is 40.3 Å². The van der Waals surface area contributed by atoms with E-state index in [1.807, 2.05) is 0 Å². The van der Waals surface area contributed by atoms with Gasteiger partial charge in [-0.1, -0.05) is 0 Å². The van der Waals surface area contributed by atoms with Gasteiger partial charge >= 0.3 is 0 Å². The summed E-state index contributed by atoms with van der Waals surface area (Å²) in [5.41, 5.74) is 0.0326. The monoisotopic (exact) mass is 273 g/mol. The van der Waals surface area contributed by atoms with Crippen LogP contribution < -0.4 is 0 Å². The first kappa shape index (κ1) is 12.6. The standard InChI is InChI=1S/C11H12FNO2S2/c12-10-2-1-8(16)7-9(10)11(14)13-3-5-17(15)6-4-13/h1-2,7,16H,3-6H2. The lowest BCUT2D eigenvalue weighted by Crippen LogP contribution is -2.42. The van der Waals surface area contributed by atoms with Gasteiger partial charge < -0.3 is 4.90 Å². The van der Waals surface area contributed by atoms with Crippen molar-refractivity contribution in [1.29, 1.82) is 0 Å². The van der Waals surface area contributed by atoms with E-state index in [1.165, 1.54) is 23.1 Å². The molecule has 1 aliphatic heterocycles. The third-order valence-corrected chi connectivity index (χ3v) is 4.20. The normalized spacial score (nSPS) is 17.2. The molecule has 0 atom stereocenters. The highest BCUT2D eigenvalue weighted by molar-refractivity contribution is 7.85. The number of carbonyl (C=O) groups is 1. The second kappa shape index (κ2) is 5.18. The summed E-state index contributed by atoms with van der Waals surface area (Å²) in [7, 11) is -0.846. The van der Waals surface area contributed by atoms with Crippen LogP contribution in [0.5, 0.6) is 0 Å². The molecule has 1 saturated heterocycles. The Hall–Kier alpha value is -0.880. The number of amides is 1. The molecule has 17 heavy (non-hydrogen) atoms. The molecular weight excluding hydrogens is 261 g/mol. The van der Waals surface area contributed by atoms with Crippen LogP contribution in [0.15, 0.2) is 23.1 Å². The average molecular weight is 273 g/mol. The van der Waals surface area contributed by atoms with Crippen molar-refractivity contribution in [3.05, 3.63) is 29.6 Å². The fraction of sp³-hybridized carbons (Fsp3) is 0.364. The summed E-state index contributed by atoms with van der Waals surface area (Å²) in [6, 6.07) is 4.16. The summed E-state index contributed by atoms with van der Waals surface area (Å²) in [5, 5.41) is 0. The van der Waals surface area contributed by atoms with Gasteiger partial charge in [-0.3, -0.25) is 9.00 Å². The predicted octanol–water partition coefficient (Wildman–Crippen LogP) is 1.32. The maximum atomic E-state index is 13.5. The quantitative estimate of drug-likeness (QED) is 0.784. The van der Waals surface area contributed by atoms with Gasteiger partial charge in [-0.25, -0.2) is 4.39 Å². The van der Waals surface area contributed by atoms with E-state index in [-0.39, 0.29) is 11.5 Å². The maximum absolute atomic E-state index is 13.5. The Kier molecular flexibility index (Phi) is 3.83. The summed E-state index contributed by atoms with van der Waals surface area (Å²) in [5.74, 6) is 0.0385. The largest absolute Gasteiger partial charge is 0.337 e. The molecule has 3 nitrogen and oxygen atoms in total. The van der Waals surface area contributed by atoms with Gasteiger partial charge in [-0.2, -0.15) is 0 Å². The molecule has 0 N–H and O–H groups in total. The first-order valence-electron chi connectivity index (χ1n) is 5.20. The molecule has 1 aromatic rings. The molecule has 1 aromatic carbocycles. The minimum Gasteiger partial charge on any atom is -0.337 e. The summed E-state index contributed by atoms with van der Waals surface area (Å²) >= 11 is 4.09. The van der Waals surface area contributed by atoms with Gasteiger partial charge in [0.1, 0.15) is 5.82 Å². The van der Waals surface area contributed by atoms with Crippen LogP contribution in [0, 0.1) is 5.82 Å². The minimum absolute atomic E-state index is 0.0326. The zero-order valence-electron chi connectivity index (χ0n) is 9.06. The van der Waals surface area contributed by atoms with E-state index >= 15 is 0 Å². The van der Waals surface area contributed by atoms with E-state index in [2.05, 4.69) is 12.6 Å². The molecule has 92 valence electrons. The molecule has 0 aromatic heterocycles. The Bertz CT molecular complexity index is 469. The Morgan fingerprint density at radius 3 is 2.65 bits per heavy atom. The van der Waals surface area contributed by atoms with Crippen molar-refractivity contribution < 1.29 is 13.4 Å². The fourth-order valence-corrected chi connectivity index (χ4v) is 2.94. The first-order chi connectivity index (χ1) is 8.08. The van der Waals surface area contributed by atoms with Gasteiger partial charge in [0.2, 0.25) is 0 Å².